The van der Waals surface area contributed by atoms with Crippen LogP contribution in [0.15, 0.2) is 45.3 Å². The largest absolute Gasteiger partial charge is 0.485 e. The van der Waals surface area contributed by atoms with Gasteiger partial charge in [-0.05, 0) is 37.4 Å². The van der Waals surface area contributed by atoms with Crippen LogP contribution in [0.25, 0.3) is 0 Å². The predicted molar refractivity (Wildman–Crippen MR) is 88.0 cm³/mol. The average Bonchev–Trinajstić information content (AvgIpc) is 2.46. The molecular formula is C16H14Br2FNO. The van der Waals surface area contributed by atoms with E-state index in [-0.39, 0.29) is 18.0 Å². The minimum absolute atomic E-state index is 0.138. The minimum atomic E-state index is -0.288. The number of ether oxygens (including phenoxy) is 1. The highest BCUT2D eigenvalue weighted by atomic mass is 79.9. The first kappa shape index (κ1) is 15.0. The molecule has 1 N–H and O–H groups in total. The van der Waals surface area contributed by atoms with Gasteiger partial charge in [0.2, 0.25) is 0 Å². The van der Waals surface area contributed by atoms with Crippen molar-refractivity contribution in [1.29, 1.82) is 0 Å². The second-order valence-electron chi connectivity index (χ2n) is 5.03. The molecule has 2 nitrogen and oxygen atoms in total. The van der Waals surface area contributed by atoms with Gasteiger partial charge in [0.15, 0.2) is 0 Å². The minimum Gasteiger partial charge on any atom is -0.485 e. The van der Waals surface area contributed by atoms with Crippen LogP contribution in [0.3, 0.4) is 0 Å². The molecule has 21 heavy (non-hydrogen) atoms. The van der Waals surface area contributed by atoms with E-state index >= 15 is 0 Å². The number of benzene rings is 2. The zero-order valence-electron chi connectivity index (χ0n) is 11.4. The van der Waals surface area contributed by atoms with E-state index in [0.29, 0.717) is 12.0 Å². The zero-order valence-corrected chi connectivity index (χ0v) is 14.5. The molecule has 2 aromatic rings. The van der Waals surface area contributed by atoms with Gasteiger partial charge in [0, 0.05) is 32.5 Å². The third-order valence-corrected chi connectivity index (χ3v) is 4.71. The molecule has 1 aliphatic rings. The smallest absolute Gasteiger partial charge is 0.131 e. The SMILES string of the molecule is CNC1CC(c2ccc(Br)cc2F)Oc2ccc(Br)cc21. The van der Waals surface area contributed by atoms with E-state index < -0.39 is 0 Å². The molecule has 1 heterocycles. The lowest BCUT2D eigenvalue weighted by molar-refractivity contribution is 0.150. The molecule has 0 aromatic heterocycles. The van der Waals surface area contributed by atoms with Gasteiger partial charge >= 0.3 is 0 Å². The molecule has 0 spiro atoms. The Hall–Kier alpha value is -0.910. The standard InChI is InChI=1S/C16H14Br2FNO/c1-20-14-8-16(11-4-2-10(18)7-13(11)19)21-15-5-3-9(17)6-12(14)15/h2-7,14,16,20H,8H2,1H3. The Morgan fingerprint density at radius 3 is 2.52 bits per heavy atom. The second kappa shape index (κ2) is 6.07. The molecule has 3 rings (SSSR count). The zero-order chi connectivity index (χ0) is 15.0. The quantitative estimate of drug-likeness (QED) is 0.734. The van der Waals surface area contributed by atoms with Gasteiger partial charge in [-0.1, -0.05) is 37.9 Å². The molecule has 0 fully saturated rings. The van der Waals surface area contributed by atoms with Crippen molar-refractivity contribution in [2.75, 3.05) is 7.05 Å². The highest BCUT2D eigenvalue weighted by Crippen LogP contribution is 2.42. The summed E-state index contributed by atoms with van der Waals surface area (Å²) in [6.45, 7) is 0. The molecule has 0 bridgehead atoms. The molecular weight excluding hydrogens is 401 g/mol. The summed E-state index contributed by atoms with van der Waals surface area (Å²) in [5.74, 6) is 0.556. The lowest BCUT2D eigenvalue weighted by Gasteiger charge is -2.32. The Morgan fingerprint density at radius 2 is 1.81 bits per heavy atom. The third-order valence-electron chi connectivity index (χ3n) is 3.72. The number of hydrogen-bond acceptors (Lipinski definition) is 2. The van der Waals surface area contributed by atoms with Gasteiger partial charge in [-0.25, -0.2) is 4.39 Å². The van der Waals surface area contributed by atoms with E-state index in [1.54, 1.807) is 6.07 Å². The van der Waals surface area contributed by atoms with E-state index in [1.165, 1.54) is 6.07 Å². The van der Waals surface area contributed by atoms with Gasteiger partial charge in [-0.15, -0.1) is 0 Å². The number of hydrogen-bond donors (Lipinski definition) is 1. The van der Waals surface area contributed by atoms with Crippen LogP contribution in [0, 0.1) is 5.82 Å². The molecule has 0 saturated carbocycles. The van der Waals surface area contributed by atoms with Crippen molar-refractivity contribution in [3.05, 3.63) is 62.3 Å². The first-order valence-corrected chi connectivity index (χ1v) is 8.25. The van der Waals surface area contributed by atoms with Gasteiger partial charge in [-0.2, -0.15) is 0 Å². The van der Waals surface area contributed by atoms with E-state index in [2.05, 4.69) is 37.2 Å². The lowest BCUT2D eigenvalue weighted by Crippen LogP contribution is -2.27. The van der Waals surface area contributed by atoms with Crippen LogP contribution in [0.5, 0.6) is 5.75 Å². The van der Waals surface area contributed by atoms with Crippen molar-refractivity contribution in [3.63, 3.8) is 0 Å². The predicted octanol–water partition coefficient (Wildman–Crippen LogP) is 5.14. The van der Waals surface area contributed by atoms with Crippen molar-refractivity contribution in [2.45, 2.75) is 18.6 Å². The highest BCUT2D eigenvalue weighted by Gasteiger charge is 2.30. The van der Waals surface area contributed by atoms with Crippen molar-refractivity contribution in [1.82, 2.24) is 5.32 Å². The van der Waals surface area contributed by atoms with Gasteiger partial charge in [0.25, 0.3) is 0 Å². The molecule has 110 valence electrons. The summed E-state index contributed by atoms with van der Waals surface area (Å²) in [6.07, 6.45) is 0.405. The molecule has 0 radical (unpaired) electrons. The summed E-state index contributed by atoms with van der Waals surface area (Å²) in [7, 11) is 1.91. The van der Waals surface area contributed by atoms with Crippen molar-refractivity contribution in [3.8, 4) is 5.75 Å². The number of halogens is 3. The van der Waals surface area contributed by atoms with Crippen molar-refractivity contribution < 1.29 is 9.13 Å². The Bertz CT molecular complexity index is 677. The van der Waals surface area contributed by atoms with Crippen molar-refractivity contribution >= 4 is 31.9 Å². The van der Waals surface area contributed by atoms with E-state index in [1.807, 2.05) is 31.3 Å². The van der Waals surface area contributed by atoms with E-state index in [0.717, 1.165) is 20.3 Å². The fourth-order valence-electron chi connectivity index (χ4n) is 2.67. The Labute approximate surface area is 140 Å². The number of nitrogens with one attached hydrogen (secondary N) is 1. The molecule has 2 aromatic carbocycles. The topological polar surface area (TPSA) is 21.3 Å². The molecule has 0 saturated heterocycles. The van der Waals surface area contributed by atoms with Crippen LogP contribution in [0.2, 0.25) is 0 Å². The van der Waals surface area contributed by atoms with Crippen LogP contribution in [-0.4, -0.2) is 7.05 Å². The molecule has 2 atom stereocenters. The molecule has 0 amide bonds. The summed E-state index contributed by atoms with van der Waals surface area (Å²) in [6, 6.07) is 11.1. The number of rotatable bonds is 2. The fourth-order valence-corrected chi connectivity index (χ4v) is 3.38. The normalized spacial score (nSPS) is 20.8. The van der Waals surface area contributed by atoms with Crippen LogP contribution in [0.1, 0.15) is 29.7 Å². The first-order chi connectivity index (χ1) is 10.1. The van der Waals surface area contributed by atoms with Crippen LogP contribution >= 0.6 is 31.9 Å². The number of fused-ring (bicyclic) bond motifs is 1. The summed E-state index contributed by atoms with van der Waals surface area (Å²) in [5.41, 5.74) is 1.69. The summed E-state index contributed by atoms with van der Waals surface area (Å²) >= 11 is 6.76. The Kier molecular flexibility index (Phi) is 4.33. The summed E-state index contributed by atoms with van der Waals surface area (Å²) in [4.78, 5) is 0. The van der Waals surface area contributed by atoms with E-state index in [9.17, 15) is 4.39 Å². The van der Waals surface area contributed by atoms with Gasteiger partial charge in [-0.3, -0.25) is 0 Å². The van der Waals surface area contributed by atoms with Gasteiger partial charge in [0.05, 0.1) is 0 Å². The maximum atomic E-state index is 14.2. The highest BCUT2D eigenvalue weighted by molar-refractivity contribution is 9.10. The maximum Gasteiger partial charge on any atom is 0.131 e. The Balaban J connectivity index is 1.98. The molecule has 0 aliphatic carbocycles. The second-order valence-corrected chi connectivity index (χ2v) is 6.86. The summed E-state index contributed by atoms with van der Waals surface area (Å²) in [5, 5.41) is 3.29. The van der Waals surface area contributed by atoms with Crippen LogP contribution < -0.4 is 10.1 Å². The van der Waals surface area contributed by atoms with E-state index in [4.69, 9.17) is 4.74 Å². The summed E-state index contributed by atoms with van der Waals surface area (Å²) < 4.78 is 21.9. The molecule has 5 heteroatoms. The first-order valence-electron chi connectivity index (χ1n) is 6.67. The fraction of sp³-hybridized carbons (Fsp3) is 0.250. The van der Waals surface area contributed by atoms with Gasteiger partial charge < -0.3 is 10.1 Å². The van der Waals surface area contributed by atoms with Gasteiger partial charge in [0.1, 0.15) is 17.7 Å². The lowest BCUT2D eigenvalue weighted by atomic mass is 9.93. The maximum absolute atomic E-state index is 14.2. The van der Waals surface area contributed by atoms with Crippen LogP contribution in [-0.2, 0) is 0 Å². The average molecular weight is 415 g/mol. The third kappa shape index (κ3) is 3.00. The van der Waals surface area contributed by atoms with Crippen molar-refractivity contribution in [2.24, 2.45) is 0 Å². The van der Waals surface area contributed by atoms with Crippen LogP contribution in [0.4, 0.5) is 4.39 Å². The monoisotopic (exact) mass is 413 g/mol. The molecule has 2 unspecified atom stereocenters. The Morgan fingerprint density at radius 1 is 1.10 bits per heavy atom. The molecule has 1 aliphatic heterocycles.